The molecule has 0 bridgehead atoms. The first kappa shape index (κ1) is 21.5. The molecule has 29 heavy (non-hydrogen) atoms. The molecule has 0 aliphatic carbocycles. The summed E-state index contributed by atoms with van der Waals surface area (Å²) in [6, 6.07) is 7.48. The Morgan fingerprint density at radius 2 is 1.97 bits per heavy atom. The molecule has 2 heterocycles. The van der Waals surface area contributed by atoms with Crippen molar-refractivity contribution < 1.29 is 14.1 Å². The largest absolute Gasteiger partial charge is 0.351 e. The summed E-state index contributed by atoms with van der Waals surface area (Å²) >= 11 is 14.1. The standard InChI is InChI=1S/C18H12Cl2FN3O3S2/c19-11-8-22-9-12(20)16(11)29-18-14(24(26)27)7-15(28-18)17(25)23-6-5-10-3-1-2-4-13(10)21/h1-4,7-9H,5-6H2,(H,23,25). The van der Waals surface area contributed by atoms with Crippen LogP contribution in [0.1, 0.15) is 15.2 Å². The molecule has 3 rings (SSSR count). The third-order valence-corrected chi connectivity index (χ3v) is 7.00. The van der Waals surface area contributed by atoms with Gasteiger partial charge in [-0.1, -0.05) is 53.2 Å². The highest BCUT2D eigenvalue weighted by Crippen LogP contribution is 2.45. The van der Waals surface area contributed by atoms with Gasteiger partial charge in [0.05, 0.1) is 19.9 Å². The van der Waals surface area contributed by atoms with E-state index in [1.807, 2.05) is 0 Å². The molecule has 1 aromatic carbocycles. The number of carbonyl (C=O) groups excluding carboxylic acids is 1. The van der Waals surface area contributed by atoms with Crippen LogP contribution in [0.3, 0.4) is 0 Å². The first-order valence-corrected chi connectivity index (χ1v) is 10.5. The van der Waals surface area contributed by atoms with E-state index in [-0.39, 0.29) is 37.2 Å². The van der Waals surface area contributed by atoms with Gasteiger partial charge in [0.15, 0.2) is 0 Å². The van der Waals surface area contributed by atoms with Crippen molar-refractivity contribution in [2.24, 2.45) is 0 Å². The molecule has 0 aliphatic rings. The Morgan fingerprint density at radius 1 is 1.28 bits per heavy atom. The van der Waals surface area contributed by atoms with Crippen LogP contribution >= 0.6 is 46.3 Å². The van der Waals surface area contributed by atoms with E-state index in [0.717, 1.165) is 23.1 Å². The summed E-state index contributed by atoms with van der Waals surface area (Å²) in [5.74, 6) is -0.827. The number of nitro groups is 1. The maximum Gasteiger partial charge on any atom is 0.294 e. The number of nitrogens with one attached hydrogen (secondary N) is 1. The molecule has 3 aromatic rings. The maximum atomic E-state index is 13.6. The average molecular weight is 472 g/mol. The van der Waals surface area contributed by atoms with Gasteiger partial charge in [-0.05, 0) is 18.1 Å². The number of amides is 1. The number of hydrogen-bond donors (Lipinski definition) is 1. The van der Waals surface area contributed by atoms with Crippen molar-refractivity contribution in [2.45, 2.75) is 15.5 Å². The van der Waals surface area contributed by atoms with Crippen molar-refractivity contribution >= 4 is 57.9 Å². The van der Waals surface area contributed by atoms with Crippen LogP contribution in [0.4, 0.5) is 10.1 Å². The molecule has 11 heteroatoms. The lowest BCUT2D eigenvalue weighted by molar-refractivity contribution is -0.387. The van der Waals surface area contributed by atoms with Gasteiger partial charge in [-0.3, -0.25) is 19.9 Å². The van der Waals surface area contributed by atoms with E-state index in [1.54, 1.807) is 18.2 Å². The zero-order valence-electron chi connectivity index (χ0n) is 14.5. The zero-order chi connectivity index (χ0) is 21.0. The first-order chi connectivity index (χ1) is 13.9. The predicted molar refractivity (Wildman–Crippen MR) is 112 cm³/mol. The minimum Gasteiger partial charge on any atom is -0.351 e. The molecule has 0 saturated heterocycles. The van der Waals surface area contributed by atoms with E-state index in [4.69, 9.17) is 23.2 Å². The third kappa shape index (κ3) is 5.24. The smallest absolute Gasteiger partial charge is 0.294 e. The Kier molecular flexibility index (Phi) is 7.07. The van der Waals surface area contributed by atoms with E-state index in [2.05, 4.69) is 10.3 Å². The molecule has 1 amide bonds. The second-order valence-corrected chi connectivity index (χ2v) is 8.82. The quantitative estimate of drug-likeness (QED) is 0.356. The van der Waals surface area contributed by atoms with Gasteiger partial charge in [0, 0.05) is 25.0 Å². The van der Waals surface area contributed by atoms with Crippen molar-refractivity contribution in [1.82, 2.24) is 10.3 Å². The van der Waals surface area contributed by atoms with Gasteiger partial charge in [-0.25, -0.2) is 4.39 Å². The summed E-state index contributed by atoms with van der Waals surface area (Å²) in [5.41, 5.74) is 0.256. The molecule has 0 atom stereocenters. The Bertz CT molecular complexity index is 1060. The minimum atomic E-state index is -0.571. The molecule has 2 aromatic heterocycles. The van der Waals surface area contributed by atoms with Gasteiger partial charge >= 0.3 is 0 Å². The molecule has 0 aliphatic heterocycles. The second-order valence-electron chi connectivity index (χ2n) is 5.67. The number of hydrogen-bond acceptors (Lipinski definition) is 6. The van der Waals surface area contributed by atoms with E-state index in [9.17, 15) is 19.3 Å². The zero-order valence-corrected chi connectivity index (χ0v) is 17.7. The Labute approximate surface area is 183 Å². The number of pyridine rings is 1. The summed E-state index contributed by atoms with van der Waals surface area (Å²) < 4.78 is 13.9. The summed E-state index contributed by atoms with van der Waals surface area (Å²) in [5, 5.41) is 14.6. The molecule has 0 radical (unpaired) electrons. The molecular formula is C18H12Cl2FN3O3S2. The minimum absolute atomic E-state index is 0.161. The fourth-order valence-electron chi connectivity index (χ4n) is 2.37. The number of halogens is 3. The van der Waals surface area contributed by atoms with Gasteiger partial charge in [0.25, 0.3) is 11.6 Å². The van der Waals surface area contributed by atoms with Gasteiger partial charge in [0.2, 0.25) is 0 Å². The number of nitrogens with zero attached hydrogens (tertiary/aromatic N) is 2. The highest BCUT2D eigenvalue weighted by Gasteiger charge is 2.24. The topological polar surface area (TPSA) is 85.1 Å². The molecule has 150 valence electrons. The number of thiophene rings is 1. The highest BCUT2D eigenvalue weighted by atomic mass is 35.5. The average Bonchev–Trinajstić information content (AvgIpc) is 3.11. The number of carbonyl (C=O) groups is 1. The van der Waals surface area contributed by atoms with E-state index in [1.165, 1.54) is 24.5 Å². The lowest BCUT2D eigenvalue weighted by Crippen LogP contribution is -2.25. The Hall–Kier alpha value is -2.20. The van der Waals surface area contributed by atoms with Crippen LogP contribution in [0.15, 0.2) is 51.8 Å². The van der Waals surface area contributed by atoms with Gasteiger partial charge in [0.1, 0.15) is 14.9 Å². The van der Waals surface area contributed by atoms with Crippen molar-refractivity contribution in [3.05, 3.63) is 79.1 Å². The number of rotatable bonds is 7. The molecular weight excluding hydrogens is 460 g/mol. The second kappa shape index (κ2) is 9.53. The van der Waals surface area contributed by atoms with Crippen LogP contribution in [0.5, 0.6) is 0 Å². The van der Waals surface area contributed by atoms with E-state index >= 15 is 0 Å². The highest BCUT2D eigenvalue weighted by molar-refractivity contribution is 8.01. The van der Waals surface area contributed by atoms with Crippen LogP contribution < -0.4 is 5.32 Å². The number of aromatic nitrogens is 1. The third-order valence-electron chi connectivity index (χ3n) is 3.74. The summed E-state index contributed by atoms with van der Waals surface area (Å²) in [6.07, 6.45) is 3.06. The molecule has 6 nitrogen and oxygen atoms in total. The van der Waals surface area contributed by atoms with E-state index in [0.29, 0.717) is 16.9 Å². The van der Waals surface area contributed by atoms with Crippen molar-refractivity contribution in [3.8, 4) is 0 Å². The van der Waals surface area contributed by atoms with Crippen LogP contribution in [0, 0.1) is 15.9 Å². The lowest BCUT2D eigenvalue weighted by atomic mass is 10.1. The first-order valence-electron chi connectivity index (χ1n) is 8.13. The SMILES string of the molecule is O=C(NCCc1ccccc1F)c1cc([N+](=O)[O-])c(Sc2c(Cl)cncc2Cl)s1. The molecule has 1 N–H and O–H groups in total. The summed E-state index contributed by atoms with van der Waals surface area (Å²) in [4.78, 5) is 27.7. The van der Waals surface area contributed by atoms with Crippen molar-refractivity contribution in [3.63, 3.8) is 0 Å². The van der Waals surface area contributed by atoms with Crippen molar-refractivity contribution in [1.29, 1.82) is 0 Å². The van der Waals surface area contributed by atoms with Crippen molar-refractivity contribution in [2.75, 3.05) is 6.54 Å². The fraction of sp³-hybridized carbons (Fsp3) is 0.111. The number of benzene rings is 1. The molecule has 0 unspecified atom stereocenters. The van der Waals surface area contributed by atoms with Crippen LogP contribution in [-0.4, -0.2) is 22.4 Å². The summed E-state index contributed by atoms with van der Waals surface area (Å²) in [6.45, 7) is 0.190. The molecule has 0 saturated carbocycles. The lowest BCUT2D eigenvalue weighted by Gasteiger charge is -2.05. The Balaban J connectivity index is 1.74. The maximum absolute atomic E-state index is 13.6. The van der Waals surface area contributed by atoms with Gasteiger partial charge in [-0.15, -0.1) is 11.3 Å². The van der Waals surface area contributed by atoms with E-state index < -0.39 is 10.8 Å². The van der Waals surface area contributed by atoms with Crippen LogP contribution in [0.25, 0.3) is 0 Å². The Morgan fingerprint density at radius 3 is 2.62 bits per heavy atom. The van der Waals surface area contributed by atoms with Crippen LogP contribution in [-0.2, 0) is 6.42 Å². The van der Waals surface area contributed by atoms with Crippen LogP contribution in [0.2, 0.25) is 10.0 Å². The van der Waals surface area contributed by atoms with Gasteiger partial charge in [-0.2, -0.15) is 0 Å². The predicted octanol–water partition coefficient (Wildman–Crippen LogP) is 5.62. The monoisotopic (exact) mass is 471 g/mol. The summed E-state index contributed by atoms with van der Waals surface area (Å²) in [7, 11) is 0. The fourth-order valence-corrected chi connectivity index (χ4v) is 5.14. The van der Waals surface area contributed by atoms with Gasteiger partial charge < -0.3 is 5.32 Å². The molecule has 0 fully saturated rings. The normalized spacial score (nSPS) is 10.7. The molecule has 0 spiro atoms.